The fourth-order valence-electron chi connectivity index (χ4n) is 3.32. The molecule has 3 rings (SSSR count). The molecule has 0 aliphatic carbocycles. The topological polar surface area (TPSA) is 107 Å². The molecule has 10 heteroatoms. The molecule has 2 aromatic carbocycles. The van der Waals surface area contributed by atoms with Gasteiger partial charge in [0.15, 0.2) is 11.5 Å². The molecule has 3 amide bonds. The van der Waals surface area contributed by atoms with Crippen molar-refractivity contribution < 1.29 is 33.3 Å². The molecule has 1 saturated heterocycles. The minimum atomic E-state index is -0.760. The molecule has 1 N–H and O–H groups in total. The van der Waals surface area contributed by atoms with Crippen LogP contribution in [0.1, 0.15) is 0 Å². The number of nitrogens with one attached hydrogen (secondary N) is 1. The van der Waals surface area contributed by atoms with Gasteiger partial charge in [0.05, 0.1) is 28.4 Å². The molecule has 1 fully saturated rings. The maximum absolute atomic E-state index is 12.7. The molecule has 1 heterocycles. The smallest absolute Gasteiger partial charge is 0.316 e. The Bertz CT molecular complexity index is 1000. The Balaban J connectivity index is 1.67. The van der Waals surface area contributed by atoms with E-state index >= 15 is 0 Å². The zero-order chi connectivity index (χ0) is 23.3. The van der Waals surface area contributed by atoms with Gasteiger partial charge < -0.3 is 34.1 Å². The van der Waals surface area contributed by atoms with Crippen LogP contribution in [0.15, 0.2) is 36.4 Å². The first-order valence-electron chi connectivity index (χ1n) is 9.76. The van der Waals surface area contributed by atoms with Crippen LogP contribution in [0.4, 0.5) is 11.4 Å². The van der Waals surface area contributed by atoms with Gasteiger partial charge in [-0.2, -0.15) is 0 Å². The Kier molecular flexibility index (Phi) is 7.04. The number of benzene rings is 2. The summed E-state index contributed by atoms with van der Waals surface area (Å²) in [5.41, 5.74) is 0.961. The number of amides is 3. The molecule has 0 spiro atoms. The first-order chi connectivity index (χ1) is 15.4. The van der Waals surface area contributed by atoms with Gasteiger partial charge in [-0.3, -0.25) is 14.4 Å². The van der Waals surface area contributed by atoms with Gasteiger partial charge in [-0.05, 0) is 12.1 Å². The normalized spacial score (nSPS) is 13.6. The molecule has 0 bridgehead atoms. The van der Waals surface area contributed by atoms with E-state index in [4.69, 9.17) is 18.9 Å². The van der Waals surface area contributed by atoms with Crippen LogP contribution >= 0.6 is 0 Å². The number of hydrogen-bond acceptors (Lipinski definition) is 7. The van der Waals surface area contributed by atoms with Crippen LogP contribution in [0, 0.1) is 0 Å². The lowest BCUT2D eigenvalue weighted by Crippen LogP contribution is -2.56. The third-order valence-electron chi connectivity index (χ3n) is 4.96. The molecule has 0 atom stereocenters. The number of hydrogen-bond donors (Lipinski definition) is 1. The van der Waals surface area contributed by atoms with E-state index in [0.717, 1.165) is 0 Å². The highest BCUT2D eigenvalue weighted by molar-refractivity contribution is 6.41. The molecule has 0 saturated carbocycles. The van der Waals surface area contributed by atoms with Crippen molar-refractivity contribution in [2.75, 3.05) is 58.3 Å². The number of rotatable bonds is 8. The van der Waals surface area contributed by atoms with E-state index < -0.39 is 17.7 Å². The van der Waals surface area contributed by atoms with E-state index in [2.05, 4.69) is 5.32 Å². The number of anilines is 2. The molecule has 10 nitrogen and oxygen atoms in total. The highest BCUT2D eigenvalue weighted by Gasteiger charge is 2.34. The zero-order valence-corrected chi connectivity index (χ0v) is 18.3. The van der Waals surface area contributed by atoms with Gasteiger partial charge in [-0.15, -0.1) is 0 Å². The minimum absolute atomic E-state index is 0.202. The number of carbonyl (C=O) groups is 3. The minimum Gasteiger partial charge on any atom is -0.497 e. The Morgan fingerprint density at radius 2 is 1.50 bits per heavy atom. The molecule has 1 aliphatic heterocycles. The summed E-state index contributed by atoms with van der Waals surface area (Å²) < 4.78 is 20.8. The zero-order valence-electron chi connectivity index (χ0n) is 18.3. The van der Waals surface area contributed by atoms with E-state index in [1.165, 1.54) is 38.2 Å². The third-order valence-corrected chi connectivity index (χ3v) is 4.96. The predicted octanol–water partition coefficient (Wildman–Crippen LogP) is 1.53. The van der Waals surface area contributed by atoms with Crippen LogP contribution in [0.25, 0.3) is 0 Å². The van der Waals surface area contributed by atoms with Crippen molar-refractivity contribution in [2.45, 2.75) is 0 Å². The quantitative estimate of drug-likeness (QED) is 0.617. The van der Waals surface area contributed by atoms with Gasteiger partial charge >= 0.3 is 11.8 Å². The number of methoxy groups -OCH3 is 4. The van der Waals surface area contributed by atoms with Crippen LogP contribution in [0.2, 0.25) is 0 Å². The first-order valence-corrected chi connectivity index (χ1v) is 9.76. The lowest BCUT2D eigenvalue weighted by atomic mass is 10.2. The molecular weight excluding hydrogens is 418 g/mol. The van der Waals surface area contributed by atoms with E-state index in [9.17, 15) is 14.4 Å². The van der Waals surface area contributed by atoms with E-state index in [1.807, 2.05) is 0 Å². The standard InChI is InChI=1S/C22H25N3O7/c1-29-16-9-14(10-17(12-16)30-2)23-20(26)13-24-7-8-25(22(28)21(24)27)15-5-6-18(31-3)19(11-15)32-4/h5-6,9-12H,7-8,13H2,1-4H3,(H,23,26). The molecule has 32 heavy (non-hydrogen) atoms. The average molecular weight is 443 g/mol. The molecule has 170 valence electrons. The van der Waals surface area contributed by atoms with Crippen molar-refractivity contribution in [1.29, 1.82) is 0 Å². The fourth-order valence-corrected chi connectivity index (χ4v) is 3.32. The molecule has 0 unspecified atom stereocenters. The summed E-state index contributed by atoms with van der Waals surface area (Å²) in [5, 5.41) is 2.70. The summed E-state index contributed by atoms with van der Waals surface area (Å²) in [5.74, 6) is 0.0499. The Hall–Kier alpha value is -3.95. The van der Waals surface area contributed by atoms with Crippen molar-refractivity contribution in [3.05, 3.63) is 36.4 Å². The highest BCUT2D eigenvalue weighted by Crippen LogP contribution is 2.32. The predicted molar refractivity (Wildman–Crippen MR) is 117 cm³/mol. The molecule has 0 radical (unpaired) electrons. The van der Waals surface area contributed by atoms with Gasteiger partial charge in [0.2, 0.25) is 5.91 Å². The summed E-state index contributed by atoms with van der Waals surface area (Å²) in [6, 6.07) is 9.89. The first kappa shape index (κ1) is 22.7. The molecule has 1 aliphatic rings. The average Bonchev–Trinajstić information content (AvgIpc) is 2.81. The van der Waals surface area contributed by atoms with Crippen LogP contribution in [0.5, 0.6) is 23.0 Å². The van der Waals surface area contributed by atoms with Gasteiger partial charge in [0.1, 0.15) is 18.0 Å². The second-order valence-electron chi connectivity index (χ2n) is 6.87. The maximum Gasteiger partial charge on any atom is 0.316 e. The Morgan fingerprint density at radius 1 is 0.844 bits per heavy atom. The van der Waals surface area contributed by atoms with Crippen LogP contribution in [0.3, 0.4) is 0 Å². The second kappa shape index (κ2) is 9.90. The third kappa shape index (κ3) is 4.85. The van der Waals surface area contributed by atoms with Crippen molar-refractivity contribution in [1.82, 2.24) is 4.90 Å². The van der Waals surface area contributed by atoms with Gasteiger partial charge in [-0.1, -0.05) is 0 Å². The number of ether oxygens (including phenoxy) is 4. The summed E-state index contributed by atoms with van der Waals surface area (Å²) in [6.45, 7) is 0.179. The van der Waals surface area contributed by atoms with Gasteiger partial charge in [0, 0.05) is 48.7 Å². The van der Waals surface area contributed by atoms with Gasteiger partial charge in [-0.25, -0.2) is 0 Å². The second-order valence-corrected chi connectivity index (χ2v) is 6.87. The summed E-state index contributed by atoms with van der Waals surface area (Å²) in [4.78, 5) is 40.4. The van der Waals surface area contributed by atoms with Crippen molar-refractivity contribution in [3.8, 4) is 23.0 Å². The van der Waals surface area contributed by atoms with E-state index in [-0.39, 0.29) is 19.6 Å². The van der Waals surface area contributed by atoms with Crippen LogP contribution < -0.4 is 29.2 Å². The number of piperazine rings is 1. The molecular formula is C22H25N3O7. The number of nitrogens with zero attached hydrogens (tertiary/aromatic N) is 2. The Morgan fingerprint density at radius 3 is 2.09 bits per heavy atom. The van der Waals surface area contributed by atoms with E-state index in [1.54, 1.807) is 36.4 Å². The largest absolute Gasteiger partial charge is 0.497 e. The SMILES string of the molecule is COc1cc(NC(=O)CN2CCN(c3ccc(OC)c(OC)c3)C(=O)C2=O)cc(OC)c1. The van der Waals surface area contributed by atoms with Crippen molar-refractivity contribution >= 4 is 29.1 Å². The monoisotopic (exact) mass is 443 g/mol. The van der Waals surface area contributed by atoms with Crippen LogP contribution in [-0.4, -0.2) is 70.7 Å². The molecule has 2 aromatic rings. The van der Waals surface area contributed by atoms with Gasteiger partial charge in [0.25, 0.3) is 0 Å². The van der Waals surface area contributed by atoms with Crippen molar-refractivity contribution in [2.24, 2.45) is 0 Å². The maximum atomic E-state index is 12.7. The lowest BCUT2D eigenvalue weighted by Gasteiger charge is -2.33. The highest BCUT2D eigenvalue weighted by atomic mass is 16.5. The lowest BCUT2D eigenvalue weighted by molar-refractivity contribution is -0.147. The fraction of sp³-hybridized carbons (Fsp3) is 0.318. The van der Waals surface area contributed by atoms with E-state index in [0.29, 0.717) is 34.4 Å². The summed E-state index contributed by atoms with van der Waals surface area (Å²) in [7, 11) is 6.01. The summed E-state index contributed by atoms with van der Waals surface area (Å²) in [6.07, 6.45) is 0. The Labute approximate surface area is 185 Å². The van der Waals surface area contributed by atoms with Crippen molar-refractivity contribution in [3.63, 3.8) is 0 Å². The summed E-state index contributed by atoms with van der Waals surface area (Å²) >= 11 is 0. The van der Waals surface area contributed by atoms with Crippen LogP contribution in [-0.2, 0) is 14.4 Å². The number of carbonyl (C=O) groups excluding carboxylic acids is 3. The molecule has 0 aromatic heterocycles.